The van der Waals surface area contributed by atoms with E-state index in [4.69, 9.17) is 4.74 Å². The molecule has 0 radical (unpaired) electrons. The van der Waals surface area contributed by atoms with Gasteiger partial charge < -0.3 is 10.1 Å². The van der Waals surface area contributed by atoms with Crippen LogP contribution in [0, 0.1) is 0 Å². The van der Waals surface area contributed by atoms with Crippen LogP contribution in [0.25, 0.3) is 10.9 Å². The van der Waals surface area contributed by atoms with Crippen molar-refractivity contribution in [3.63, 3.8) is 0 Å². The molecule has 0 bridgehead atoms. The number of pyridine rings is 1. The Kier molecular flexibility index (Phi) is 4.48. The van der Waals surface area contributed by atoms with E-state index in [1.165, 1.54) is 4.88 Å². The molecule has 0 aliphatic heterocycles. The van der Waals surface area contributed by atoms with Gasteiger partial charge in [-0.05, 0) is 37.2 Å². The molecule has 3 nitrogen and oxygen atoms in total. The van der Waals surface area contributed by atoms with Crippen molar-refractivity contribution in [3.05, 3.63) is 58.9 Å². The molecule has 0 saturated heterocycles. The zero-order valence-corrected chi connectivity index (χ0v) is 12.8. The highest BCUT2D eigenvalue weighted by Crippen LogP contribution is 2.28. The van der Waals surface area contributed by atoms with E-state index in [0.29, 0.717) is 0 Å². The highest BCUT2D eigenvalue weighted by atomic mass is 32.1. The highest BCUT2D eigenvalue weighted by molar-refractivity contribution is 7.10. The van der Waals surface area contributed by atoms with Gasteiger partial charge in [-0.25, -0.2) is 0 Å². The molecule has 1 N–H and O–H groups in total. The maximum absolute atomic E-state index is 6.18. The molecule has 2 aromatic heterocycles. The number of hydrogen-bond donors (Lipinski definition) is 1. The molecule has 0 amide bonds. The summed E-state index contributed by atoms with van der Waals surface area (Å²) >= 11 is 1.73. The molecule has 4 heteroatoms. The van der Waals surface area contributed by atoms with E-state index in [1.807, 2.05) is 31.4 Å². The third-order valence-electron chi connectivity index (χ3n) is 3.36. The number of rotatable bonds is 6. The maximum atomic E-state index is 6.18. The largest absolute Gasteiger partial charge is 0.483 e. The first-order valence-corrected chi connectivity index (χ1v) is 7.94. The summed E-state index contributed by atoms with van der Waals surface area (Å²) < 4.78 is 6.18. The lowest BCUT2D eigenvalue weighted by Crippen LogP contribution is -2.15. The Morgan fingerprint density at radius 1 is 1.24 bits per heavy atom. The lowest BCUT2D eigenvalue weighted by molar-refractivity contribution is 0.198. The fourth-order valence-corrected chi connectivity index (χ4v) is 3.08. The van der Waals surface area contributed by atoms with Crippen molar-refractivity contribution in [2.75, 3.05) is 13.6 Å². The van der Waals surface area contributed by atoms with Gasteiger partial charge in [0.05, 0.1) is 11.7 Å². The van der Waals surface area contributed by atoms with E-state index in [0.717, 1.165) is 29.6 Å². The van der Waals surface area contributed by atoms with E-state index in [9.17, 15) is 0 Å². The molecular formula is C17H18N2OS. The molecule has 3 aromatic rings. The fourth-order valence-electron chi connectivity index (χ4n) is 2.29. The van der Waals surface area contributed by atoms with Crippen molar-refractivity contribution in [2.45, 2.75) is 12.5 Å². The number of benzene rings is 1. The van der Waals surface area contributed by atoms with Gasteiger partial charge in [0.25, 0.3) is 0 Å². The third kappa shape index (κ3) is 3.40. The molecule has 0 spiro atoms. The average Bonchev–Trinajstić information content (AvgIpc) is 3.05. The number of aromatic nitrogens is 1. The molecule has 1 aromatic carbocycles. The van der Waals surface area contributed by atoms with Gasteiger partial charge in [0, 0.05) is 16.7 Å². The summed E-state index contributed by atoms with van der Waals surface area (Å²) in [4.78, 5) is 5.71. The van der Waals surface area contributed by atoms with Gasteiger partial charge in [-0.15, -0.1) is 11.3 Å². The second-order valence-corrected chi connectivity index (χ2v) is 5.86. The van der Waals surface area contributed by atoms with Gasteiger partial charge in [0.1, 0.15) is 11.9 Å². The normalized spacial score (nSPS) is 12.4. The third-order valence-corrected chi connectivity index (χ3v) is 4.33. The Labute approximate surface area is 128 Å². The summed E-state index contributed by atoms with van der Waals surface area (Å²) in [6.07, 6.45) is 2.81. The molecule has 0 aliphatic carbocycles. The number of ether oxygens (including phenoxy) is 1. The predicted octanol–water partition coefficient (Wildman–Crippen LogP) is 4.03. The monoisotopic (exact) mass is 298 g/mol. The molecule has 0 fully saturated rings. The number of fused-ring (bicyclic) bond motifs is 1. The van der Waals surface area contributed by atoms with E-state index >= 15 is 0 Å². The van der Waals surface area contributed by atoms with Crippen LogP contribution in [0.2, 0.25) is 0 Å². The first-order valence-electron chi connectivity index (χ1n) is 7.06. The van der Waals surface area contributed by atoms with Crippen LogP contribution in [0.4, 0.5) is 0 Å². The van der Waals surface area contributed by atoms with E-state index in [2.05, 4.69) is 39.9 Å². The maximum Gasteiger partial charge on any atom is 0.139 e. The van der Waals surface area contributed by atoms with Crippen molar-refractivity contribution >= 4 is 22.2 Å². The van der Waals surface area contributed by atoms with Crippen molar-refractivity contribution in [2.24, 2.45) is 0 Å². The van der Waals surface area contributed by atoms with Gasteiger partial charge >= 0.3 is 0 Å². The smallest absolute Gasteiger partial charge is 0.139 e. The van der Waals surface area contributed by atoms with Crippen molar-refractivity contribution < 1.29 is 4.74 Å². The molecule has 0 saturated carbocycles. The number of hydrogen-bond acceptors (Lipinski definition) is 4. The molecule has 108 valence electrons. The zero-order chi connectivity index (χ0) is 14.5. The quantitative estimate of drug-likeness (QED) is 0.746. The number of nitrogens with zero attached hydrogens (tertiary/aromatic N) is 1. The highest BCUT2D eigenvalue weighted by Gasteiger charge is 2.14. The minimum absolute atomic E-state index is 0.0698. The molecule has 2 heterocycles. The van der Waals surface area contributed by atoms with Gasteiger partial charge in [-0.1, -0.05) is 24.3 Å². The van der Waals surface area contributed by atoms with E-state index in [-0.39, 0.29) is 6.10 Å². The number of thiophene rings is 1. The molecular weight excluding hydrogens is 280 g/mol. The lowest BCUT2D eigenvalue weighted by atomic mass is 10.2. The molecule has 0 aliphatic rings. The second-order valence-electron chi connectivity index (χ2n) is 4.88. The van der Waals surface area contributed by atoms with Crippen LogP contribution in [-0.2, 0) is 0 Å². The minimum atomic E-state index is 0.0698. The van der Waals surface area contributed by atoms with Crippen LogP contribution in [0.3, 0.4) is 0 Å². The van der Waals surface area contributed by atoms with Crippen molar-refractivity contribution in [1.82, 2.24) is 10.3 Å². The summed E-state index contributed by atoms with van der Waals surface area (Å²) in [5, 5.41) is 6.38. The van der Waals surface area contributed by atoms with Crippen molar-refractivity contribution in [3.8, 4) is 5.75 Å². The Balaban J connectivity index is 1.83. The van der Waals surface area contributed by atoms with E-state index < -0.39 is 0 Å². The van der Waals surface area contributed by atoms with Gasteiger partial charge in [-0.2, -0.15) is 0 Å². The van der Waals surface area contributed by atoms with Gasteiger partial charge in [0.15, 0.2) is 0 Å². The van der Waals surface area contributed by atoms with Crippen molar-refractivity contribution in [1.29, 1.82) is 0 Å². The Hall–Kier alpha value is -1.91. The summed E-state index contributed by atoms with van der Waals surface area (Å²) in [5.74, 6) is 0.822. The van der Waals surface area contributed by atoms with E-state index in [1.54, 1.807) is 11.3 Å². The molecule has 1 atom stereocenters. The number of para-hydroxylation sites is 1. The SMILES string of the molecule is CNCCC(Oc1cnc2ccccc2c1)c1cccs1. The Bertz CT molecular complexity index is 697. The van der Waals surface area contributed by atoms with Gasteiger partial charge in [0.2, 0.25) is 0 Å². The fraction of sp³-hybridized carbons (Fsp3) is 0.235. The number of nitrogens with one attached hydrogen (secondary N) is 1. The van der Waals surface area contributed by atoms with Crippen LogP contribution in [0.15, 0.2) is 54.0 Å². The first-order chi connectivity index (χ1) is 10.4. The zero-order valence-electron chi connectivity index (χ0n) is 12.0. The standard InChI is InChI=1S/C17H18N2OS/c1-18-9-8-16(17-7-4-10-21-17)20-14-11-13-5-2-3-6-15(13)19-12-14/h2-7,10-12,16,18H,8-9H2,1H3. The second kappa shape index (κ2) is 6.70. The summed E-state index contributed by atoms with van der Waals surface area (Å²) in [6.45, 7) is 0.920. The van der Waals surface area contributed by atoms with Crippen LogP contribution < -0.4 is 10.1 Å². The summed E-state index contributed by atoms with van der Waals surface area (Å²) in [5.41, 5.74) is 0.993. The van der Waals surface area contributed by atoms with Crippen LogP contribution in [0.1, 0.15) is 17.4 Å². The first kappa shape index (κ1) is 14.0. The summed E-state index contributed by atoms with van der Waals surface area (Å²) in [7, 11) is 1.96. The van der Waals surface area contributed by atoms with Crippen LogP contribution in [0.5, 0.6) is 5.75 Å². The predicted molar refractivity (Wildman–Crippen MR) is 88.0 cm³/mol. The lowest BCUT2D eigenvalue weighted by Gasteiger charge is -2.18. The van der Waals surface area contributed by atoms with Crippen LogP contribution >= 0.6 is 11.3 Å². The van der Waals surface area contributed by atoms with Crippen LogP contribution in [-0.4, -0.2) is 18.6 Å². The molecule has 21 heavy (non-hydrogen) atoms. The summed E-state index contributed by atoms with van der Waals surface area (Å²) in [6, 6.07) is 14.3. The Morgan fingerprint density at radius 2 is 2.14 bits per heavy atom. The minimum Gasteiger partial charge on any atom is -0.483 e. The van der Waals surface area contributed by atoms with Gasteiger partial charge in [-0.3, -0.25) is 4.98 Å². The topological polar surface area (TPSA) is 34.1 Å². The average molecular weight is 298 g/mol. The molecule has 1 unspecified atom stereocenters. The molecule has 3 rings (SSSR count). The Morgan fingerprint density at radius 3 is 2.95 bits per heavy atom.